The first-order valence-corrected chi connectivity index (χ1v) is 5.87. The molecule has 3 atom stereocenters. The number of carbonyl (C=O) groups excluding carboxylic acids is 1. The largest absolute Gasteiger partial charge is 0.392 e. The fourth-order valence-electron chi connectivity index (χ4n) is 2.52. The summed E-state index contributed by atoms with van der Waals surface area (Å²) in [5.41, 5.74) is 0. The lowest BCUT2D eigenvalue weighted by Crippen LogP contribution is -2.47. The number of nitrogens with zero attached hydrogens (tertiary/aromatic N) is 1. The standard InChI is InChI=1S/C11H20N2O2/c1-8-3-2-4-13(7-8)11(15)10-5-9(14)6-12-10/h8-10,12,14H,2-7H2,1H3/t8?,9-,10+/m0/s1. The van der Waals surface area contributed by atoms with Gasteiger partial charge in [0.15, 0.2) is 0 Å². The Kier molecular flexibility index (Phi) is 3.26. The number of aliphatic hydroxyl groups is 1. The van der Waals surface area contributed by atoms with E-state index in [-0.39, 0.29) is 18.1 Å². The van der Waals surface area contributed by atoms with Gasteiger partial charge in [0.2, 0.25) is 5.91 Å². The zero-order valence-corrected chi connectivity index (χ0v) is 9.28. The zero-order chi connectivity index (χ0) is 10.8. The van der Waals surface area contributed by atoms with Crippen molar-refractivity contribution in [3.63, 3.8) is 0 Å². The lowest BCUT2D eigenvalue weighted by molar-refractivity contribution is -0.134. The minimum atomic E-state index is -0.346. The van der Waals surface area contributed by atoms with Gasteiger partial charge in [0.05, 0.1) is 12.1 Å². The van der Waals surface area contributed by atoms with Crippen LogP contribution in [-0.4, -0.2) is 47.7 Å². The summed E-state index contributed by atoms with van der Waals surface area (Å²) >= 11 is 0. The number of β-amino-alcohol motifs (C(OH)–C–C–N with tert-alkyl or cyclic N) is 1. The minimum Gasteiger partial charge on any atom is -0.392 e. The van der Waals surface area contributed by atoms with Gasteiger partial charge in [-0.1, -0.05) is 6.92 Å². The molecule has 2 heterocycles. The monoisotopic (exact) mass is 212 g/mol. The highest BCUT2D eigenvalue weighted by Gasteiger charge is 2.32. The molecule has 0 spiro atoms. The van der Waals surface area contributed by atoms with E-state index in [0.717, 1.165) is 19.5 Å². The number of hydrogen-bond donors (Lipinski definition) is 2. The summed E-state index contributed by atoms with van der Waals surface area (Å²) < 4.78 is 0. The number of amides is 1. The third kappa shape index (κ3) is 2.49. The maximum Gasteiger partial charge on any atom is 0.239 e. The number of piperidine rings is 1. The molecule has 0 radical (unpaired) electrons. The molecule has 1 unspecified atom stereocenters. The Labute approximate surface area is 90.6 Å². The van der Waals surface area contributed by atoms with E-state index in [2.05, 4.69) is 12.2 Å². The molecule has 1 amide bonds. The van der Waals surface area contributed by atoms with Gasteiger partial charge in [0.25, 0.3) is 0 Å². The summed E-state index contributed by atoms with van der Waals surface area (Å²) in [5.74, 6) is 0.798. The average Bonchev–Trinajstić information content (AvgIpc) is 2.64. The van der Waals surface area contributed by atoms with Crippen molar-refractivity contribution in [2.75, 3.05) is 19.6 Å². The number of rotatable bonds is 1. The highest BCUT2D eigenvalue weighted by molar-refractivity contribution is 5.82. The van der Waals surface area contributed by atoms with Crippen molar-refractivity contribution in [2.45, 2.75) is 38.3 Å². The molecule has 4 nitrogen and oxygen atoms in total. The average molecular weight is 212 g/mol. The quantitative estimate of drug-likeness (QED) is 0.641. The molecule has 2 aliphatic rings. The van der Waals surface area contributed by atoms with Crippen molar-refractivity contribution in [1.82, 2.24) is 10.2 Å². The van der Waals surface area contributed by atoms with E-state index in [1.54, 1.807) is 0 Å². The van der Waals surface area contributed by atoms with Gasteiger partial charge in [-0.25, -0.2) is 0 Å². The van der Waals surface area contributed by atoms with Crippen LogP contribution in [0.25, 0.3) is 0 Å². The molecule has 15 heavy (non-hydrogen) atoms. The second-order valence-corrected chi connectivity index (χ2v) is 4.88. The van der Waals surface area contributed by atoms with Crippen molar-refractivity contribution >= 4 is 5.91 Å². The predicted octanol–water partition coefficient (Wildman–Crippen LogP) is -0.0323. The van der Waals surface area contributed by atoms with Gasteiger partial charge >= 0.3 is 0 Å². The minimum absolute atomic E-state index is 0.148. The summed E-state index contributed by atoms with van der Waals surface area (Å²) in [6.45, 7) is 4.51. The number of aliphatic hydroxyl groups excluding tert-OH is 1. The van der Waals surface area contributed by atoms with Crippen molar-refractivity contribution in [3.8, 4) is 0 Å². The van der Waals surface area contributed by atoms with Crippen LogP contribution in [0.4, 0.5) is 0 Å². The second kappa shape index (κ2) is 4.49. The lowest BCUT2D eigenvalue weighted by atomic mass is 9.99. The van der Waals surface area contributed by atoms with Crippen molar-refractivity contribution < 1.29 is 9.90 Å². The van der Waals surface area contributed by atoms with E-state index >= 15 is 0 Å². The van der Waals surface area contributed by atoms with Crippen LogP contribution in [0.2, 0.25) is 0 Å². The molecule has 0 bridgehead atoms. The Balaban J connectivity index is 1.89. The summed E-state index contributed by atoms with van der Waals surface area (Å²) in [6.07, 6.45) is 2.57. The first-order chi connectivity index (χ1) is 7.16. The van der Waals surface area contributed by atoms with Gasteiger partial charge in [0.1, 0.15) is 0 Å². The lowest BCUT2D eigenvalue weighted by Gasteiger charge is -2.32. The molecule has 0 aromatic rings. The van der Waals surface area contributed by atoms with Crippen LogP contribution in [-0.2, 0) is 4.79 Å². The molecule has 86 valence electrons. The predicted molar refractivity (Wildman–Crippen MR) is 57.4 cm³/mol. The molecule has 0 saturated carbocycles. The molecule has 0 aromatic heterocycles. The molecule has 2 N–H and O–H groups in total. The van der Waals surface area contributed by atoms with E-state index < -0.39 is 0 Å². The zero-order valence-electron chi connectivity index (χ0n) is 9.28. The maximum absolute atomic E-state index is 12.0. The molecular formula is C11H20N2O2. The normalized spacial score (nSPS) is 36.9. The van der Waals surface area contributed by atoms with Crippen LogP contribution in [0.15, 0.2) is 0 Å². The van der Waals surface area contributed by atoms with E-state index in [1.807, 2.05) is 4.90 Å². The Bertz CT molecular complexity index is 245. The molecule has 2 rings (SSSR count). The van der Waals surface area contributed by atoms with Gasteiger partial charge in [-0.05, 0) is 25.2 Å². The van der Waals surface area contributed by atoms with Gasteiger partial charge < -0.3 is 15.3 Å². The summed E-state index contributed by atoms with van der Waals surface area (Å²) in [5, 5.41) is 12.4. The first kappa shape index (κ1) is 10.9. The van der Waals surface area contributed by atoms with Crippen LogP contribution in [0.1, 0.15) is 26.2 Å². The number of hydrogen-bond acceptors (Lipinski definition) is 3. The van der Waals surface area contributed by atoms with E-state index in [1.165, 1.54) is 6.42 Å². The molecule has 2 saturated heterocycles. The second-order valence-electron chi connectivity index (χ2n) is 4.88. The highest BCUT2D eigenvalue weighted by atomic mass is 16.3. The number of carbonyl (C=O) groups is 1. The third-order valence-electron chi connectivity index (χ3n) is 3.37. The molecule has 2 fully saturated rings. The fourth-order valence-corrected chi connectivity index (χ4v) is 2.52. The Hall–Kier alpha value is -0.610. The molecule has 4 heteroatoms. The van der Waals surface area contributed by atoms with Crippen molar-refractivity contribution in [1.29, 1.82) is 0 Å². The van der Waals surface area contributed by atoms with Gasteiger partial charge in [-0.2, -0.15) is 0 Å². The van der Waals surface area contributed by atoms with Crippen LogP contribution in [0, 0.1) is 5.92 Å². The van der Waals surface area contributed by atoms with E-state index in [9.17, 15) is 9.90 Å². The van der Waals surface area contributed by atoms with E-state index in [0.29, 0.717) is 18.9 Å². The van der Waals surface area contributed by atoms with Crippen LogP contribution in [0.5, 0.6) is 0 Å². The maximum atomic E-state index is 12.0. The smallest absolute Gasteiger partial charge is 0.239 e. The van der Waals surface area contributed by atoms with Crippen LogP contribution < -0.4 is 5.32 Å². The molecule has 0 aromatic carbocycles. The topological polar surface area (TPSA) is 52.6 Å². The van der Waals surface area contributed by atoms with Gasteiger partial charge in [-0.15, -0.1) is 0 Å². The van der Waals surface area contributed by atoms with Crippen molar-refractivity contribution in [3.05, 3.63) is 0 Å². The Morgan fingerprint density at radius 1 is 1.53 bits per heavy atom. The highest BCUT2D eigenvalue weighted by Crippen LogP contribution is 2.18. The Morgan fingerprint density at radius 3 is 2.93 bits per heavy atom. The third-order valence-corrected chi connectivity index (χ3v) is 3.37. The molecular weight excluding hydrogens is 192 g/mol. The summed E-state index contributed by atoms with van der Waals surface area (Å²) in [7, 11) is 0. The molecule has 2 aliphatic heterocycles. The van der Waals surface area contributed by atoms with E-state index in [4.69, 9.17) is 0 Å². The fraction of sp³-hybridized carbons (Fsp3) is 0.909. The van der Waals surface area contributed by atoms with Gasteiger partial charge in [0, 0.05) is 19.6 Å². The van der Waals surface area contributed by atoms with Gasteiger partial charge in [-0.3, -0.25) is 4.79 Å². The first-order valence-electron chi connectivity index (χ1n) is 5.87. The number of likely N-dealkylation sites (tertiary alicyclic amines) is 1. The molecule has 0 aliphatic carbocycles. The number of nitrogens with one attached hydrogen (secondary N) is 1. The van der Waals surface area contributed by atoms with Crippen molar-refractivity contribution in [2.24, 2.45) is 5.92 Å². The van der Waals surface area contributed by atoms with Crippen LogP contribution >= 0.6 is 0 Å². The SMILES string of the molecule is CC1CCCN(C(=O)[C@H]2C[C@H](O)CN2)C1. The summed E-state index contributed by atoms with van der Waals surface area (Å²) in [6, 6.07) is -0.148. The Morgan fingerprint density at radius 2 is 2.33 bits per heavy atom. The summed E-state index contributed by atoms with van der Waals surface area (Å²) in [4.78, 5) is 14.0. The van der Waals surface area contributed by atoms with Crippen LogP contribution in [0.3, 0.4) is 0 Å².